The lowest BCUT2D eigenvalue weighted by Crippen LogP contribution is -2.56. The Morgan fingerprint density at radius 1 is 0.800 bits per heavy atom. The molecular formula is C25H32O10. The van der Waals surface area contributed by atoms with Crippen molar-refractivity contribution in [2.75, 3.05) is 13.2 Å². The molecule has 0 radical (unpaired) electrons. The van der Waals surface area contributed by atoms with Gasteiger partial charge in [-0.3, -0.25) is 9.59 Å². The number of hydrogen-bond acceptors (Lipinski definition) is 10. The van der Waals surface area contributed by atoms with Crippen molar-refractivity contribution in [2.45, 2.75) is 89.7 Å². The molecule has 3 saturated heterocycles. The molecule has 10 heteroatoms. The van der Waals surface area contributed by atoms with Crippen molar-refractivity contribution in [2.24, 2.45) is 0 Å². The number of fused-ring (bicyclic) bond motifs is 3. The van der Waals surface area contributed by atoms with Crippen LogP contribution >= 0.6 is 0 Å². The molecule has 1 aromatic rings. The van der Waals surface area contributed by atoms with Crippen molar-refractivity contribution in [3.8, 4) is 0 Å². The first kappa shape index (κ1) is 25.7. The maximum absolute atomic E-state index is 12.7. The number of ketones is 1. The molecule has 0 spiro atoms. The van der Waals surface area contributed by atoms with E-state index >= 15 is 0 Å². The van der Waals surface area contributed by atoms with Crippen LogP contribution in [0.4, 0.5) is 0 Å². The first-order valence-electron chi connectivity index (χ1n) is 11.8. The molecule has 0 aromatic heterocycles. The van der Waals surface area contributed by atoms with Crippen LogP contribution in [-0.4, -0.2) is 73.2 Å². The third-order valence-corrected chi connectivity index (χ3v) is 5.93. The number of benzene rings is 1. The molecule has 0 amide bonds. The molecule has 3 heterocycles. The number of carbonyl (C=O) groups is 3. The minimum Gasteiger partial charge on any atom is -0.466 e. The zero-order chi connectivity index (χ0) is 25.4. The van der Waals surface area contributed by atoms with Gasteiger partial charge in [-0.1, -0.05) is 12.1 Å². The predicted octanol–water partition coefficient (Wildman–Crippen LogP) is 2.77. The van der Waals surface area contributed by atoms with E-state index in [-0.39, 0.29) is 37.4 Å². The fourth-order valence-corrected chi connectivity index (χ4v) is 4.45. The molecule has 0 saturated carbocycles. The summed E-state index contributed by atoms with van der Waals surface area (Å²) in [5.41, 5.74) is 0.678. The highest BCUT2D eigenvalue weighted by Crippen LogP contribution is 2.44. The second kappa shape index (κ2) is 9.94. The minimum absolute atomic E-state index is 0.0103. The Morgan fingerprint density at radius 2 is 1.40 bits per heavy atom. The van der Waals surface area contributed by atoms with Crippen LogP contribution in [-0.2, 0) is 38.0 Å². The van der Waals surface area contributed by atoms with Crippen LogP contribution in [0.1, 0.15) is 68.2 Å². The van der Waals surface area contributed by atoms with Crippen molar-refractivity contribution in [3.63, 3.8) is 0 Å². The number of esters is 2. The molecule has 0 N–H and O–H groups in total. The zero-order valence-corrected chi connectivity index (χ0v) is 20.6. The van der Waals surface area contributed by atoms with E-state index in [9.17, 15) is 14.4 Å². The van der Waals surface area contributed by atoms with Gasteiger partial charge in [0.25, 0.3) is 0 Å². The SMILES string of the molecule is CCOC(=O)CCC(=O)c1ccc(C(=O)OC[C@H]2O[C@H]3OC(C)(C)O[C@H]3[C@H]3OC(C)(C)O[C@H]32)cc1. The fraction of sp³-hybridized carbons (Fsp3) is 0.640. The van der Waals surface area contributed by atoms with E-state index in [2.05, 4.69) is 0 Å². The first-order valence-corrected chi connectivity index (χ1v) is 11.8. The quantitative estimate of drug-likeness (QED) is 0.396. The Bertz CT molecular complexity index is 953. The highest BCUT2D eigenvalue weighted by Gasteiger charge is 2.60. The maximum Gasteiger partial charge on any atom is 0.338 e. The highest BCUT2D eigenvalue weighted by atomic mass is 16.9. The standard InChI is InChI=1S/C25H32O10/c1-6-29-18(27)12-11-16(26)14-7-9-15(10-8-14)22(28)30-13-17-19-20(33-24(2,3)32-19)21-23(31-17)35-25(4,5)34-21/h7-10,17,19-21,23H,6,11-13H2,1-5H3/t17-,19+,20+,21+,23+/m1/s1. The molecule has 0 bridgehead atoms. The Morgan fingerprint density at radius 3 is 2.09 bits per heavy atom. The summed E-state index contributed by atoms with van der Waals surface area (Å²) < 4.78 is 40.3. The van der Waals surface area contributed by atoms with Crippen molar-refractivity contribution in [1.29, 1.82) is 0 Å². The summed E-state index contributed by atoms with van der Waals surface area (Å²) in [6, 6.07) is 6.08. The van der Waals surface area contributed by atoms with Gasteiger partial charge in [-0.2, -0.15) is 0 Å². The van der Waals surface area contributed by atoms with E-state index < -0.39 is 54.2 Å². The van der Waals surface area contributed by atoms with E-state index in [1.165, 1.54) is 24.3 Å². The molecular weight excluding hydrogens is 460 g/mol. The van der Waals surface area contributed by atoms with Crippen LogP contribution in [0, 0.1) is 0 Å². The number of hydrogen-bond donors (Lipinski definition) is 0. The van der Waals surface area contributed by atoms with Gasteiger partial charge < -0.3 is 33.2 Å². The Kier molecular flexibility index (Phi) is 7.31. The molecule has 4 rings (SSSR count). The number of rotatable bonds is 8. The normalized spacial score (nSPS) is 30.3. The molecule has 35 heavy (non-hydrogen) atoms. The van der Waals surface area contributed by atoms with Gasteiger partial charge in [0.2, 0.25) is 0 Å². The number of carbonyl (C=O) groups excluding carboxylic acids is 3. The van der Waals surface area contributed by atoms with E-state index in [0.29, 0.717) is 5.56 Å². The van der Waals surface area contributed by atoms with E-state index in [1.807, 2.05) is 0 Å². The Balaban J connectivity index is 1.35. The summed E-state index contributed by atoms with van der Waals surface area (Å²) in [6.07, 6.45) is -2.65. The summed E-state index contributed by atoms with van der Waals surface area (Å²) >= 11 is 0. The zero-order valence-electron chi connectivity index (χ0n) is 20.6. The van der Waals surface area contributed by atoms with Crippen LogP contribution in [0.5, 0.6) is 0 Å². The predicted molar refractivity (Wildman–Crippen MR) is 119 cm³/mol. The number of Topliss-reactive ketones (excluding diaryl/α,β-unsaturated/α-hetero) is 1. The fourth-order valence-electron chi connectivity index (χ4n) is 4.45. The largest absolute Gasteiger partial charge is 0.466 e. The van der Waals surface area contributed by atoms with Gasteiger partial charge in [0.05, 0.1) is 18.6 Å². The lowest BCUT2D eigenvalue weighted by molar-refractivity contribution is -0.240. The van der Waals surface area contributed by atoms with Crippen molar-refractivity contribution >= 4 is 17.7 Å². The van der Waals surface area contributed by atoms with Crippen molar-refractivity contribution < 1.29 is 47.5 Å². The summed E-state index contributed by atoms with van der Waals surface area (Å²) in [4.78, 5) is 36.4. The average Bonchev–Trinajstić information content (AvgIpc) is 3.29. The summed E-state index contributed by atoms with van der Waals surface area (Å²) in [5.74, 6) is -2.88. The van der Waals surface area contributed by atoms with Gasteiger partial charge in [0.1, 0.15) is 31.0 Å². The van der Waals surface area contributed by atoms with Gasteiger partial charge in [-0.05, 0) is 46.8 Å². The molecule has 5 atom stereocenters. The molecule has 0 aliphatic carbocycles. The molecule has 3 fully saturated rings. The lowest BCUT2D eigenvalue weighted by atomic mass is 9.99. The van der Waals surface area contributed by atoms with Crippen LogP contribution in [0.3, 0.4) is 0 Å². The van der Waals surface area contributed by atoms with Gasteiger partial charge in [-0.15, -0.1) is 0 Å². The monoisotopic (exact) mass is 492 g/mol. The van der Waals surface area contributed by atoms with E-state index in [4.69, 9.17) is 33.2 Å². The summed E-state index contributed by atoms with van der Waals surface area (Å²) in [6.45, 7) is 9.11. The Hall–Kier alpha value is -2.37. The third-order valence-electron chi connectivity index (χ3n) is 5.93. The highest BCUT2D eigenvalue weighted by molar-refractivity contribution is 5.98. The van der Waals surface area contributed by atoms with Crippen LogP contribution < -0.4 is 0 Å². The van der Waals surface area contributed by atoms with Gasteiger partial charge >= 0.3 is 11.9 Å². The van der Waals surface area contributed by atoms with Crippen LogP contribution in [0.15, 0.2) is 24.3 Å². The van der Waals surface area contributed by atoms with Gasteiger partial charge in [-0.25, -0.2) is 4.79 Å². The van der Waals surface area contributed by atoms with Gasteiger partial charge in [0, 0.05) is 12.0 Å². The first-order chi connectivity index (χ1) is 16.5. The molecule has 0 unspecified atom stereocenters. The number of ether oxygens (including phenoxy) is 7. The maximum atomic E-state index is 12.7. The minimum atomic E-state index is -0.846. The molecule has 10 nitrogen and oxygen atoms in total. The van der Waals surface area contributed by atoms with Crippen LogP contribution in [0.2, 0.25) is 0 Å². The Labute approximate surface area is 204 Å². The van der Waals surface area contributed by atoms with Gasteiger partial charge in [0.15, 0.2) is 23.6 Å². The average molecular weight is 493 g/mol. The van der Waals surface area contributed by atoms with Crippen LogP contribution in [0.25, 0.3) is 0 Å². The second-order valence-corrected chi connectivity index (χ2v) is 9.61. The molecule has 3 aliphatic rings. The second-order valence-electron chi connectivity index (χ2n) is 9.61. The topological polar surface area (TPSA) is 116 Å². The van der Waals surface area contributed by atoms with E-state index in [0.717, 1.165) is 0 Å². The summed E-state index contributed by atoms with van der Waals surface area (Å²) in [5, 5.41) is 0. The smallest absolute Gasteiger partial charge is 0.338 e. The third kappa shape index (κ3) is 5.90. The molecule has 192 valence electrons. The lowest BCUT2D eigenvalue weighted by Gasteiger charge is -2.36. The van der Waals surface area contributed by atoms with E-state index in [1.54, 1.807) is 34.6 Å². The molecule has 3 aliphatic heterocycles. The van der Waals surface area contributed by atoms with Crippen molar-refractivity contribution in [3.05, 3.63) is 35.4 Å². The summed E-state index contributed by atoms with van der Waals surface area (Å²) in [7, 11) is 0. The van der Waals surface area contributed by atoms with Crippen molar-refractivity contribution in [1.82, 2.24) is 0 Å². The molecule has 1 aromatic carbocycles.